The summed E-state index contributed by atoms with van der Waals surface area (Å²) < 4.78 is 5.33. The molecule has 8 heteroatoms. The van der Waals surface area contributed by atoms with Gasteiger partial charge in [-0.25, -0.2) is 4.79 Å². The lowest BCUT2D eigenvalue weighted by Crippen LogP contribution is -2.30. The third kappa shape index (κ3) is 5.69. The summed E-state index contributed by atoms with van der Waals surface area (Å²) in [6.07, 6.45) is -1.09. The summed E-state index contributed by atoms with van der Waals surface area (Å²) in [4.78, 5) is 48.1. The van der Waals surface area contributed by atoms with Crippen LogP contribution in [0.15, 0.2) is 60.7 Å². The van der Waals surface area contributed by atoms with Crippen molar-refractivity contribution in [1.29, 1.82) is 0 Å². The van der Waals surface area contributed by atoms with Crippen LogP contribution in [-0.4, -0.2) is 29.8 Å². The fraction of sp³-hybridized carbons (Fsp3) is 0.167. The number of hydrogen-bond donors (Lipinski definition) is 3. The lowest BCUT2D eigenvalue weighted by Gasteiger charge is -2.16. The van der Waals surface area contributed by atoms with Gasteiger partial charge in [-0.2, -0.15) is 0 Å². The molecule has 0 fully saturated rings. The first-order valence-electron chi connectivity index (χ1n) is 9.93. The van der Waals surface area contributed by atoms with E-state index in [1.807, 2.05) is 36.4 Å². The molecule has 3 N–H and O–H groups in total. The number of nitrogens with one attached hydrogen (secondary N) is 3. The Morgan fingerprint density at radius 3 is 2.00 bits per heavy atom. The highest BCUT2D eigenvalue weighted by Gasteiger charge is 2.21. The second-order valence-electron chi connectivity index (χ2n) is 7.22. The van der Waals surface area contributed by atoms with Crippen LogP contribution in [0.4, 0.5) is 17.1 Å². The van der Waals surface area contributed by atoms with Crippen LogP contribution in [0.1, 0.15) is 31.1 Å². The van der Waals surface area contributed by atoms with Gasteiger partial charge < -0.3 is 20.7 Å². The Bertz CT molecular complexity index is 1170. The van der Waals surface area contributed by atoms with Crippen molar-refractivity contribution in [1.82, 2.24) is 0 Å². The summed E-state index contributed by atoms with van der Waals surface area (Å²) >= 11 is 0. The quantitative estimate of drug-likeness (QED) is 0.510. The molecule has 0 aliphatic rings. The minimum Gasteiger partial charge on any atom is -0.449 e. The molecule has 0 saturated carbocycles. The topological polar surface area (TPSA) is 114 Å². The van der Waals surface area contributed by atoms with E-state index in [2.05, 4.69) is 16.0 Å². The third-order valence-electron chi connectivity index (χ3n) is 4.51. The Hall–Kier alpha value is -4.20. The molecule has 3 aromatic rings. The summed E-state index contributed by atoms with van der Waals surface area (Å²) in [6.45, 7) is 4.11. The van der Waals surface area contributed by atoms with Gasteiger partial charge in [-0.05, 0) is 36.6 Å². The SMILES string of the molecule is CC(=O)Nc1cc(NC(C)=O)cc(C(=O)OC(C)C(=O)Nc2cccc3ccccc23)c1. The number of fused-ring (bicyclic) bond motifs is 1. The molecular formula is C24H23N3O5. The zero-order chi connectivity index (χ0) is 23.3. The molecule has 0 aliphatic heterocycles. The summed E-state index contributed by atoms with van der Waals surface area (Å²) in [5, 5.41) is 9.74. The number of hydrogen-bond acceptors (Lipinski definition) is 5. The highest BCUT2D eigenvalue weighted by Crippen LogP contribution is 2.24. The van der Waals surface area contributed by atoms with E-state index in [1.54, 1.807) is 6.07 Å². The highest BCUT2D eigenvalue weighted by atomic mass is 16.5. The number of ether oxygens (including phenoxy) is 1. The van der Waals surface area contributed by atoms with Gasteiger partial charge in [-0.15, -0.1) is 0 Å². The maximum absolute atomic E-state index is 12.7. The van der Waals surface area contributed by atoms with Crippen molar-refractivity contribution in [2.75, 3.05) is 16.0 Å². The normalized spacial score (nSPS) is 11.3. The molecule has 0 saturated heterocycles. The van der Waals surface area contributed by atoms with Crippen molar-refractivity contribution in [2.24, 2.45) is 0 Å². The number of amides is 3. The molecule has 0 radical (unpaired) electrons. The molecule has 8 nitrogen and oxygen atoms in total. The van der Waals surface area contributed by atoms with E-state index in [0.29, 0.717) is 17.1 Å². The lowest BCUT2D eigenvalue weighted by molar-refractivity contribution is -0.123. The number of rotatable bonds is 6. The first-order chi connectivity index (χ1) is 15.2. The monoisotopic (exact) mass is 433 g/mol. The molecule has 32 heavy (non-hydrogen) atoms. The summed E-state index contributed by atoms with van der Waals surface area (Å²) in [5.41, 5.74) is 1.30. The largest absolute Gasteiger partial charge is 0.449 e. The van der Waals surface area contributed by atoms with Gasteiger partial charge >= 0.3 is 5.97 Å². The van der Waals surface area contributed by atoms with Crippen molar-refractivity contribution < 1.29 is 23.9 Å². The van der Waals surface area contributed by atoms with E-state index in [1.165, 1.54) is 39.0 Å². The third-order valence-corrected chi connectivity index (χ3v) is 4.51. The van der Waals surface area contributed by atoms with Crippen molar-refractivity contribution >= 4 is 51.5 Å². The predicted octanol–water partition coefficient (Wildman–Crippen LogP) is 3.94. The molecule has 3 amide bonds. The van der Waals surface area contributed by atoms with Gasteiger partial charge in [0.25, 0.3) is 5.91 Å². The minimum absolute atomic E-state index is 0.0739. The van der Waals surface area contributed by atoms with E-state index < -0.39 is 18.0 Å². The molecule has 0 bridgehead atoms. The Kier molecular flexibility index (Phi) is 6.84. The molecule has 0 spiro atoms. The Morgan fingerprint density at radius 2 is 1.38 bits per heavy atom. The van der Waals surface area contributed by atoms with Crippen LogP contribution in [0.5, 0.6) is 0 Å². The molecule has 0 aromatic heterocycles. The first kappa shape index (κ1) is 22.5. The summed E-state index contributed by atoms with van der Waals surface area (Å²) in [5.74, 6) is -1.95. The van der Waals surface area contributed by atoms with E-state index in [-0.39, 0.29) is 17.4 Å². The summed E-state index contributed by atoms with van der Waals surface area (Å²) in [6, 6.07) is 17.5. The zero-order valence-corrected chi connectivity index (χ0v) is 17.9. The van der Waals surface area contributed by atoms with Crippen LogP contribution >= 0.6 is 0 Å². The van der Waals surface area contributed by atoms with E-state index in [9.17, 15) is 19.2 Å². The number of anilines is 3. The zero-order valence-electron chi connectivity index (χ0n) is 17.9. The van der Waals surface area contributed by atoms with E-state index >= 15 is 0 Å². The fourth-order valence-electron chi connectivity index (χ4n) is 3.15. The second kappa shape index (κ2) is 9.74. The highest BCUT2D eigenvalue weighted by molar-refractivity contribution is 6.04. The van der Waals surface area contributed by atoms with Gasteiger partial charge in [0, 0.05) is 36.3 Å². The van der Waals surface area contributed by atoms with Crippen molar-refractivity contribution in [2.45, 2.75) is 26.9 Å². The molecule has 0 heterocycles. The molecule has 3 rings (SSSR count). The molecule has 164 valence electrons. The van der Waals surface area contributed by atoms with Crippen molar-refractivity contribution in [3.63, 3.8) is 0 Å². The van der Waals surface area contributed by atoms with Crippen LogP contribution < -0.4 is 16.0 Å². The Labute approximate surface area is 184 Å². The van der Waals surface area contributed by atoms with Gasteiger partial charge in [0.1, 0.15) is 0 Å². The van der Waals surface area contributed by atoms with E-state index in [4.69, 9.17) is 4.74 Å². The van der Waals surface area contributed by atoms with Crippen LogP contribution in [0.25, 0.3) is 10.8 Å². The maximum Gasteiger partial charge on any atom is 0.339 e. The van der Waals surface area contributed by atoms with Crippen LogP contribution in [-0.2, 0) is 19.1 Å². The van der Waals surface area contributed by atoms with Gasteiger partial charge in [-0.3, -0.25) is 14.4 Å². The first-order valence-corrected chi connectivity index (χ1v) is 9.93. The standard InChI is InChI=1S/C24H23N3O5/c1-14(23(30)27-22-10-6-8-17-7-4-5-9-21(17)22)32-24(31)18-11-19(25-15(2)28)13-20(12-18)26-16(3)29/h4-14H,1-3H3,(H,25,28)(H,26,29)(H,27,30). The number of benzene rings is 3. The lowest BCUT2D eigenvalue weighted by atomic mass is 10.1. The Balaban J connectivity index is 1.76. The number of carbonyl (C=O) groups is 4. The minimum atomic E-state index is -1.09. The van der Waals surface area contributed by atoms with Gasteiger partial charge in [0.2, 0.25) is 11.8 Å². The molecule has 1 unspecified atom stereocenters. The Morgan fingerprint density at radius 1 is 0.781 bits per heavy atom. The molecular weight excluding hydrogens is 410 g/mol. The van der Waals surface area contributed by atoms with Gasteiger partial charge in [0.05, 0.1) is 5.56 Å². The molecule has 0 aliphatic carbocycles. The smallest absolute Gasteiger partial charge is 0.339 e. The number of carbonyl (C=O) groups excluding carboxylic acids is 4. The van der Waals surface area contributed by atoms with Crippen LogP contribution in [0, 0.1) is 0 Å². The van der Waals surface area contributed by atoms with Crippen LogP contribution in [0.2, 0.25) is 0 Å². The average molecular weight is 433 g/mol. The molecule has 3 aromatic carbocycles. The fourth-order valence-corrected chi connectivity index (χ4v) is 3.15. The van der Waals surface area contributed by atoms with Crippen molar-refractivity contribution in [3.8, 4) is 0 Å². The van der Waals surface area contributed by atoms with Gasteiger partial charge in [-0.1, -0.05) is 36.4 Å². The van der Waals surface area contributed by atoms with Crippen molar-refractivity contribution in [3.05, 3.63) is 66.2 Å². The summed E-state index contributed by atoms with van der Waals surface area (Å²) in [7, 11) is 0. The maximum atomic E-state index is 12.7. The predicted molar refractivity (Wildman–Crippen MR) is 123 cm³/mol. The molecule has 1 atom stereocenters. The number of esters is 1. The van der Waals surface area contributed by atoms with E-state index in [0.717, 1.165) is 10.8 Å². The average Bonchev–Trinajstić information content (AvgIpc) is 2.72. The second-order valence-corrected chi connectivity index (χ2v) is 7.22. The van der Waals surface area contributed by atoms with Crippen LogP contribution in [0.3, 0.4) is 0 Å². The van der Waals surface area contributed by atoms with Gasteiger partial charge in [0.15, 0.2) is 6.10 Å².